The van der Waals surface area contributed by atoms with Crippen LogP contribution in [0.1, 0.15) is 12.8 Å². The quantitative estimate of drug-likeness (QED) is 0.881. The number of aliphatic carboxylic acids is 1. The fourth-order valence-corrected chi connectivity index (χ4v) is 2.26. The molecule has 2 rings (SSSR count). The zero-order valence-electron chi connectivity index (χ0n) is 9.60. The summed E-state index contributed by atoms with van der Waals surface area (Å²) in [6.45, 7) is 0.485. The molecule has 0 bridgehead atoms. The van der Waals surface area contributed by atoms with E-state index in [4.69, 9.17) is 5.11 Å². The third-order valence-electron chi connectivity index (χ3n) is 2.89. The van der Waals surface area contributed by atoms with Crippen molar-refractivity contribution in [3.63, 3.8) is 0 Å². The molecule has 2 amide bonds. The van der Waals surface area contributed by atoms with Gasteiger partial charge in [0.2, 0.25) is 0 Å². The maximum atomic E-state index is 12.0. The summed E-state index contributed by atoms with van der Waals surface area (Å²) in [5, 5.41) is 11.7. The smallest absolute Gasteiger partial charge is 0.326 e. The third kappa shape index (κ3) is 2.81. The van der Waals surface area contributed by atoms with E-state index >= 15 is 0 Å². The Labute approximate surface area is 113 Å². The molecule has 0 spiro atoms. The lowest BCUT2D eigenvalue weighted by atomic mass is 10.2. The first-order chi connectivity index (χ1) is 8.58. The number of nitrogens with one attached hydrogen (secondary N) is 1. The Morgan fingerprint density at radius 1 is 1.33 bits per heavy atom. The van der Waals surface area contributed by atoms with Gasteiger partial charge >= 0.3 is 12.0 Å². The van der Waals surface area contributed by atoms with Crippen LogP contribution in [0.5, 0.6) is 0 Å². The van der Waals surface area contributed by atoms with Gasteiger partial charge in [0.25, 0.3) is 0 Å². The number of likely N-dealkylation sites (tertiary alicyclic amines) is 1. The van der Waals surface area contributed by atoms with E-state index < -0.39 is 12.0 Å². The molecule has 1 atom stereocenters. The van der Waals surface area contributed by atoms with Crippen LogP contribution >= 0.6 is 15.9 Å². The fourth-order valence-electron chi connectivity index (χ4n) is 2.00. The van der Waals surface area contributed by atoms with Crippen LogP contribution in [0.25, 0.3) is 0 Å². The largest absolute Gasteiger partial charge is 0.480 e. The molecule has 0 radical (unpaired) electrons. The molecular formula is C12H13BrN2O3. The van der Waals surface area contributed by atoms with Crippen molar-refractivity contribution in [2.75, 3.05) is 11.9 Å². The zero-order chi connectivity index (χ0) is 13.1. The van der Waals surface area contributed by atoms with Gasteiger partial charge in [-0.15, -0.1) is 0 Å². The Bertz CT molecular complexity index is 461. The highest BCUT2D eigenvalue weighted by molar-refractivity contribution is 9.10. The Morgan fingerprint density at radius 3 is 2.61 bits per heavy atom. The number of hydrogen-bond donors (Lipinski definition) is 2. The number of carboxylic acid groups (broad SMARTS) is 1. The Morgan fingerprint density at radius 2 is 2.00 bits per heavy atom. The number of urea groups is 1. The first-order valence-electron chi connectivity index (χ1n) is 5.64. The first-order valence-corrected chi connectivity index (χ1v) is 6.43. The molecule has 18 heavy (non-hydrogen) atoms. The number of hydrogen-bond acceptors (Lipinski definition) is 2. The van der Waals surface area contributed by atoms with Crippen molar-refractivity contribution < 1.29 is 14.7 Å². The van der Waals surface area contributed by atoms with E-state index in [1.54, 1.807) is 12.1 Å². The van der Waals surface area contributed by atoms with Crippen molar-refractivity contribution in [1.29, 1.82) is 0 Å². The van der Waals surface area contributed by atoms with E-state index in [2.05, 4.69) is 21.2 Å². The molecule has 1 aromatic carbocycles. The van der Waals surface area contributed by atoms with Crippen LogP contribution in [-0.4, -0.2) is 34.6 Å². The van der Waals surface area contributed by atoms with E-state index in [1.807, 2.05) is 12.1 Å². The van der Waals surface area contributed by atoms with E-state index in [9.17, 15) is 9.59 Å². The highest BCUT2D eigenvalue weighted by atomic mass is 79.9. The Balaban J connectivity index is 2.03. The Hall–Kier alpha value is -1.56. The second-order valence-electron chi connectivity index (χ2n) is 4.13. The van der Waals surface area contributed by atoms with Crippen LogP contribution in [0, 0.1) is 0 Å². The molecular weight excluding hydrogens is 300 g/mol. The summed E-state index contributed by atoms with van der Waals surface area (Å²) >= 11 is 3.31. The average molecular weight is 313 g/mol. The molecule has 0 aromatic heterocycles. The van der Waals surface area contributed by atoms with Crippen LogP contribution in [-0.2, 0) is 4.79 Å². The maximum Gasteiger partial charge on any atom is 0.326 e. The van der Waals surface area contributed by atoms with Gasteiger partial charge in [-0.05, 0) is 37.1 Å². The van der Waals surface area contributed by atoms with E-state index in [1.165, 1.54) is 4.90 Å². The summed E-state index contributed by atoms with van der Waals surface area (Å²) in [6.07, 6.45) is 1.24. The number of anilines is 1. The van der Waals surface area contributed by atoms with Gasteiger partial charge in [-0.25, -0.2) is 9.59 Å². The van der Waals surface area contributed by atoms with E-state index in [0.717, 1.165) is 10.9 Å². The Kier molecular flexibility index (Phi) is 3.86. The summed E-state index contributed by atoms with van der Waals surface area (Å²) in [4.78, 5) is 24.3. The molecule has 1 heterocycles. The molecule has 1 aliphatic rings. The van der Waals surface area contributed by atoms with Crippen molar-refractivity contribution >= 4 is 33.6 Å². The standard InChI is InChI=1S/C12H13BrN2O3/c13-8-3-5-9(6-4-8)14-12(18)15-7-1-2-10(15)11(16)17/h3-6,10H,1-2,7H2,(H,14,18)(H,16,17). The molecule has 96 valence electrons. The lowest BCUT2D eigenvalue weighted by Gasteiger charge is -2.21. The number of carboxylic acids is 1. The number of nitrogens with zero attached hydrogens (tertiary/aromatic N) is 1. The number of carbonyl (C=O) groups is 2. The van der Waals surface area contributed by atoms with E-state index in [-0.39, 0.29) is 6.03 Å². The second-order valence-corrected chi connectivity index (χ2v) is 5.04. The summed E-state index contributed by atoms with van der Waals surface area (Å²) < 4.78 is 0.921. The van der Waals surface area contributed by atoms with Gasteiger partial charge in [-0.2, -0.15) is 0 Å². The fraction of sp³-hybridized carbons (Fsp3) is 0.333. The summed E-state index contributed by atoms with van der Waals surface area (Å²) in [6, 6.07) is 6.08. The highest BCUT2D eigenvalue weighted by Gasteiger charge is 2.33. The molecule has 1 aliphatic heterocycles. The van der Waals surface area contributed by atoms with E-state index in [0.29, 0.717) is 18.7 Å². The normalized spacial score (nSPS) is 18.7. The maximum absolute atomic E-state index is 12.0. The number of benzene rings is 1. The number of rotatable bonds is 2. The molecule has 5 nitrogen and oxygen atoms in total. The molecule has 1 unspecified atom stereocenters. The predicted octanol–water partition coefficient (Wildman–Crippen LogP) is 2.53. The molecule has 1 fully saturated rings. The topological polar surface area (TPSA) is 69.6 Å². The number of carbonyl (C=O) groups excluding carboxylic acids is 1. The number of halogens is 1. The lowest BCUT2D eigenvalue weighted by molar-refractivity contribution is -0.141. The summed E-state index contributed by atoms with van der Waals surface area (Å²) in [7, 11) is 0. The van der Waals surface area contributed by atoms with Gasteiger partial charge < -0.3 is 15.3 Å². The van der Waals surface area contributed by atoms with Crippen LogP contribution in [0.2, 0.25) is 0 Å². The SMILES string of the molecule is O=C(O)C1CCCN1C(=O)Nc1ccc(Br)cc1. The average Bonchev–Trinajstić information content (AvgIpc) is 2.81. The van der Waals surface area contributed by atoms with Crippen LogP contribution in [0.3, 0.4) is 0 Å². The van der Waals surface area contributed by atoms with Crippen LogP contribution in [0.4, 0.5) is 10.5 Å². The molecule has 6 heteroatoms. The third-order valence-corrected chi connectivity index (χ3v) is 3.42. The molecule has 0 saturated carbocycles. The minimum atomic E-state index is -0.946. The predicted molar refractivity (Wildman–Crippen MR) is 70.5 cm³/mol. The number of amides is 2. The van der Waals surface area contributed by atoms with Gasteiger partial charge in [0.05, 0.1) is 0 Å². The van der Waals surface area contributed by atoms with Crippen molar-refractivity contribution in [2.45, 2.75) is 18.9 Å². The second kappa shape index (κ2) is 5.39. The van der Waals surface area contributed by atoms with Crippen molar-refractivity contribution in [2.24, 2.45) is 0 Å². The molecule has 1 saturated heterocycles. The van der Waals surface area contributed by atoms with Gasteiger partial charge in [0.1, 0.15) is 6.04 Å². The van der Waals surface area contributed by atoms with Crippen LogP contribution < -0.4 is 5.32 Å². The summed E-state index contributed by atoms with van der Waals surface area (Å²) in [5.74, 6) is -0.946. The highest BCUT2D eigenvalue weighted by Crippen LogP contribution is 2.20. The molecule has 2 N–H and O–H groups in total. The molecule has 1 aromatic rings. The monoisotopic (exact) mass is 312 g/mol. The van der Waals surface area contributed by atoms with Crippen LogP contribution in [0.15, 0.2) is 28.7 Å². The summed E-state index contributed by atoms with van der Waals surface area (Å²) in [5.41, 5.74) is 0.652. The van der Waals surface area contributed by atoms with Crippen molar-refractivity contribution in [3.05, 3.63) is 28.7 Å². The van der Waals surface area contributed by atoms with Crippen molar-refractivity contribution in [1.82, 2.24) is 4.90 Å². The first kappa shape index (κ1) is 12.9. The van der Waals surface area contributed by atoms with Crippen molar-refractivity contribution in [3.8, 4) is 0 Å². The van der Waals surface area contributed by atoms with Gasteiger partial charge in [-0.1, -0.05) is 15.9 Å². The molecule has 0 aliphatic carbocycles. The van der Waals surface area contributed by atoms with Gasteiger partial charge in [-0.3, -0.25) is 0 Å². The van der Waals surface area contributed by atoms with Gasteiger partial charge in [0, 0.05) is 16.7 Å². The minimum absolute atomic E-state index is 0.359. The van der Waals surface area contributed by atoms with Gasteiger partial charge in [0.15, 0.2) is 0 Å². The lowest BCUT2D eigenvalue weighted by Crippen LogP contribution is -2.42. The minimum Gasteiger partial charge on any atom is -0.480 e. The zero-order valence-corrected chi connectivity index (χ0v) is 11.2.